The molecule has 3 saturated heterocycles. The second kappa shape index (κ2) is 36.7. The van der Waals surface area contributed by atoms with Crippen LogP contribution in [0.5, 0.6) is 0 Å². The largest absolute Gasteiger partial charge is 0.417 e. The Kier molecular flexibility index (Phi) is 30.5. The van der Waals surface area contributed by atoms with Crippen LogP contribution in [-0.4, -0.2) is 288 Å². The van der Waals surface area contributed by atoms with E-state index in [-0.39, 0.29) is 31.0 Å². The van der Waals surface area contributed by atoms with Gasteiger partial charge in [0.1, 0.15) is 48.3 Å². The number of likely N-dealkylation sites (N-methyl/N-ethyl adjacent to an activating group) is 8. The first-order chi connectivity index (χ1) is 47.8. The molecule has 3 N–H and O–H groups in total. The fourth-order valence-corrected chi connectivity index (χ4v) is 13.5. The van der Waals surface area contributed by atoms with Crippen molar-refractivity contribution in [1.29, 1.82) is 0 Å². The number of nitrogens with zero attached hydrogens (tertiary/aromatic N) is 10. The third kappa shape index (κ3) is 23.3. The molecule has 5 rings (SSSR count). The lowest BCUT2D eigenvalue weighted by Gasteiger charge is -2.40. The van der Waals surface area contributed by atoms with Gasteiger partial charge in [0.25, 0.3) is 5.92 Å². The van der Waals surface area contributed by atoms with E-state index in [0.717, 1.165) is 88.4 Å². The Bertz CT molecular complexity index is 3260. The molecule has 1 aromatic carbocycles. The van der Waals surface area contributed by atoms with E-state index < -0.39 is 231 Å². The van der Waals surface area contributed by atoms with Crippen LogP contribution in [0.3, 0.4) is 0 Å². The number of alkyl halides is 8. The lowest BCUT2D eigenvalue weighted by atomic mass is 9.84. The molecular formula is C68H100ClF8N13O13. The van der Waals surface area contributed by atoms with E-state index in [0.29, 0.717) is 52.9 Å². The smallest absolute Gasteiger partial charge is 0.343 e. The third-order valence-electron chi connectivity index (χ3n) is 20.1. The fraction of sp³-hybridized carbons (Fsp3) is 0.721. The molecule has 0 unspecified atom stereocenters. The highest BCUT2D eigenvalue weighted by atomic mass is 35.5. The number of carbonyl (C=O) groups excluding carboxylic acids is 13. The van der Waals surface area contributed by atoms with Gasteiger partial charge in [-0.3, -0.25) is 62.3 Å². The standard InChI is InChI=1S/C68H100ClF8N13O13/c1-14-40(4)56-64(102)83(8)35-54(94)81(6)36-55(95)85(10)49(30-42-21-17-15-18-22-42)62(100)82(7)34-51(91)78-46(26-24-43-23-25-44(45(69)29-43)68(75,76)77)60(98)86(11)48(31-53(93)90-37-66(70,71)38-90)59(97)79-47(33-67(72,73)74)61(99)88(13)57(39(2)3)65(103)87(12)50(63(101)89-27-19-16-20-28-89)32-52(92)84(9)41(5)58(96)80-56/h23,25,29,39-42,46-50,56-57H,14-22,24,26-28,30-38H2,1-13H3,(H,78,91)(H,79,97)(H,80,96)/t40-,41-,46-,47-,48-,49-,50-,56-,57-/m0/s1. The number of likely N-dealkylation sites (tertiary alicyclic amines) is 2. The number of hydrogen-bond donors (Lipinski definition) is 3. The number of hydrogen-bond acceptors (Lipinski definition) is 13. The number of piperidine rings is 1. The highest BCUT2D eigenvalue weighted by Gasteiger charge is 2.50. The number of amides is 13. The second-order valence-corrected chi connectivity index (χ2v) is 28.7. The van der Waals surface area contributed by atoms with Crippen molar-refractivity contribution < 1.29 is 97.5 Å². The summed E-state index contributed by atoms with van der Waals surface area (Å²) in [5.74, 6) is -18.8. The molecule has 4 fully saturated rings. The highest BCUT2D eigenvalue weighted by Crippen LogP contribution is 2.36. The van der Waals surface area contributed by atoms with Gasteiger partial charge in [-0.05, 0) is 80.9 Å². The third-order valence-corrected chi connectivity index (χ3v) is 20.4. The van der Waals surface area contributed by atoms with Gasteiger partial charge in [-0.25, -0.2) is 8.78 Å². The van der Waals surface area contributed by atoms with Crippen molar-refractivity contribution in [1.82, 2.24) is 64.9 Å². The van der Waals surface area contributed by atoms with Gasteiger partial charge in [-0.2, -0.15) is 26.3 Å². The molecule has 0 spiro atoms. The molecule has 0 aromatic heterocycles. The minimum atomic E-state index is -5.33. The van der Waals surface area contributed by atoms with Crippen molar-refractivity contribution in [3.05, 3.63) is 34.3 Å². The summed E-state index contributed by atoms with van der Waals surface area (Å²) in [5.41, 5.74) is -1.19. The van der Waals surface area contributed by atoms with Crippen LogP contribution < -0.4 is 16.0 Å². The Balaban J connectivity index is 1.67. The molecule has 3 aliphatic heterocycles. The van der Waals surface area contributed by atoms with Crippen molar-refractivity contribution in [2.24, 2.45) is 17.8 Å². The molecule has 0 radical (unpaired) electrons. The zero-order valence-electron chi connectivity index (χ0n) is 60.8. The second-order valence-electron chi connectivity index (χ2n) is 28.3. The molecule has 3 heterocycles. The topological polar surface area (TPSA) is 290 Å². The average Bonchev–Trinajstić information content (AvgIpc) is 0.786. The van der Waals surface area contributed by atoms with Gasteiger partial charge in [-0.15, -0.1) is 0 Å². The van der Waals surface area contributed by atoms with Gasteiger partial charge < -0.3 is 64.9 Å². The van der Waals surface area contributed by atoms with Gasteiger partial charge >= 0.3 is 12.4 Å². The zero-order chi connectivity index (χ0) is 77.7. The minimum Gasteiger partial charge on any atom is -0.343 e. The maximum absolute atomic E-state index is 15.1. The predicted octanol–water partition coefficient (Wildman–Crippen LogP) is 4.18. The van der Waals surface area contributed by atoms with Gasteiger partial charge in [0, 0.05) is 69.5 Å². The lowest BCUT2D eigenvalue weighted by molar-refractivity contribution is -0.168. The molecule has 13 amide bonds. The van der Waals surface area contributed by atoms with Gasteiger partial charge in [-0.1, -0.05) is 83.9 Å². The summed E-state index contributed by atoms with van der Waals surface area (Å²) in [6.45, 7) is 3.36. The van der Waals surface area contributed by atoms with Crippen LogP contribution in [-0.2, 0) is 74.9 Å². The van der Waals surface area contributed by atoms with E-state index in [1.807, 2.05) is 5.32 Å². The first-order valence-electron chi connectivity index (χ1n) is 34.6. The van der Waals surface area contributed by atoms with Crippen molar-refractivity contribution >= 4 is 88.4 Å². The van der Waals surface area contributed by atoms with Crippen LogP contribution in [0.1, 0.15) is 136 Å². The van der Waals surface area contributed by atoms with Crippen LogP contribution in [0, 0.1) is 17.8 Å². The summed E-state index contributed by atoms with van der Waals surface area (Å²) in [6, 6.07) is -11.9. The monoisotopic (exact) mass is 1490 g/mol. The Hall–Kier alpha value is -7.94. The summed E-state index contributed by atoms with van der Waals surface area (Å²) < 4.78 is 115. The molecule has 1 saturated carbocycles. The quantitative estimate of drug-likeness (QED) is 0.248. The zero-order valence-corrected chi connectivity index (χ0v) is 61.6. The highest BCUT2D eigenvalue weighted by molar-refractivity contribution is 6.31. The predicted molar refractivity (Wildman–Crippen MR) is 359 cm³/mol. The van der Waals surface area contributed by atoms with Crippen LogP contribution in [0.25, 0.3) is 0 Å². The molecule has 103 heavy (non-hydrogen) atoms. The summed E-state index contributed by atoms with van der Waals surface area (Å²) in [6.07, 6.45) is -9.50. The van der Waals surface area contributed by atoms with E-state index in [1.165, 1.54) is 60.9 Å². The van der Waals surface area contributed by atoms with Crippen molar-refractivity contribution in [3.8, 4) is 0 Å². The number of halogens is 9. The summed E-state index contributed by atoms with van der Waals surface area (Å²) in [5, 5.41) is 6.32. The van der Waals surface area contributed by atoms with Gasteiger partial charge in [0.15, 0.2) is 0 Å². The number of carbonyl (C=O) groups is 13. The molecule has 1 aliphatic carbocycles. The number of rotatable bonds is 12. The Morgan fingerprint density at radius 1 is 0.612 bits per heavy atom. The molecule has 9 atom stereocenters. The van der Waals surface area contributed by atoms with E-state index in [9.17, 15) is 87.9 Å². The molecule has 26 nitrogen and oxygen atoms in total. The summed E-state index contributed by atoms with van der Waals surface area (Å²) in [7, 11) is 9.21. The van der Waals surface area contributed by atoms with E-state index in [4.69, 9.17) is 11.6 Å². The molecule has 1 aromatic rings. The first-order valence-corrected chi connectivity index (χ1v) is 35.0. The molecular weight excluding hydrogens is 1390 g/mol. The Morgan fingerprint density at radius 2 is 1.18 bits per heavy atom. The van der Waals surface area contributed by atoms with Gasteiger partial charge in [0.2, 0.25) is 76.8 Å². The maximum Gasteiger partial charge on any atom is 0.417 e. The molecule has 4 aliphatic rings. The average molecular weight is 1500 g/mol. The van der Waals surface area contributed by atoms with E-state index in [1.54, 1.807) is 13.8 Å². The normalized spacial score (nSPS) is 25.8. The van der Waals surface area contributed by atoms with Crippen molar-refractivity contribution in [2.45, 2.75) is 198 Å². The Morgan fingerprint density at radius 3 is 1.74 bits per heavy atom. The molecule has 0 bridgehead atoms. The van der Waals surface area contributed by atoms with Crippen LogP contribution >= 0.6 is 11.6 Å². The Labute approximate surface area is 600 Å². The van der Waals surface area contributed by atoms with Crippen LogP contribution in [0.15, 0.2) is 18.2 Å². The number of benzene rings is 1. The van der Waals surface area contributed by atoms with E-state index in [2.05, 4.69) is 10.6 Å². The van der Waals surface area contributed by atoms with Crippen LogP contribution in [0.2, 0.25) is 5.02 Å². The molecule has 35 heteroatoms. The van der Waals surface area contributed by atoms with E-state index >= 15 is 9.59 Å². The lowest BCUT2D eigenvalue weighted by Crippen LogP contribution is -2.63. The van der Waals surface area contributed by atoms with Crippen LogP contribution in [0.4, 0.5) is 35.1 Å². The summed E-state index contributed by atoms with van der Waals surface area (Å²) >= 11 is 6.05. The maximum atomic E-state index is 15.1. The number of aryl methyl sites for hydroxylation is 1. The minimum absolute atomic E-state index is 0.0430. The van der Waals surface area contributed by atoms with Crippen molar-refractivity contribution in [2.75, 3.05) is 102 Å². The SMILES string of the molecule is CC[C@H](C)[C@@H]1NC(=O)[C@H](C)N(C)C(=O)C[C@@H](C(=O)N2CCCCC2)N(C)C(=O)[C@H](C(C)C)N(C)C(=O)[C@H](CC(F)(F)F)NC(=O)[C@H](CC(=O)N2CC(F)(F)C2)N(C)C(=O)[C@H](CCc2ccc(C(F)(F)F)c(Cl)c2)NC(=O)CN(C)C(=O)[C@H](CC2CCCCC2)N(C)C(=O)CN(C)C(=O)CN(C)C1=O. The van der Waals surface area contributed by atoms with Crippen molar-refractivity contribution in [3.63, 3.8) is 0 Å². The fourth-order valence-electron chi connectivity index (χ4n) is 13.2. The van der Waals surface area contributed by atoms with Gasteiger partial charge in [0.05, 0.1) is 62.6 Å². The molecule has 578 valence electrons. The number of nitrogens with one attached hydrogen (secondary N) is 3. The summed E-state index contributed by atoms with van der Waals surface area (Å²) in [4.78, 5) is 198. The first kappa shape index (κ1) is 85.7.